The van der Waals surface area contributed by atoms with Gasteiger partial charge in [-0.15, -0.1) is 0 Å². The highest BCUT2D eigenvalue weighted by atomic mass is 19.1. The van der Waals surface area contributed by atoms with E-state index >= 15 is 0 Å². The van der Waals surface area contributed by atoms with Crippen LogP contribution in [0.5, 0.6) is 5.75 Å². The van der Waals surface area contributed by atoms with Crippen LogP contribution in [0.3, 0.4) is 0 Å². The summed E-state index contributed by atoms with van der Waals surface area (Å²) < 4.78 is 18.9. The van der Waals surface area contributed by atoms with Crippen molar-refractivity contribution in [3.05, 3.63) is 24.0 Å². The largest absolute Gasteiger partial charge is 0.471 e. The molecule has 78 valence electrons. The van der Waals surface area contributed by atoms with Crippen molar-refractivity contribution in [3.63, 3.8) is 0 Å². The molecule has 0 amide bonds. The first-order valence-electron chi connectivity index (χ1n) is 4.72. The number of halogens is 1. The molecular formula is C11H11FN2O. The molecule has 1 heterocycles. The molecule has 3 nitrogen and oxygen atoms in total. The minimum Gasteiger partial charge on any atom is -0.471 e. The molecule has 0 aromatic heterocycles. The third-order valence-electron chi connectivity index (χ3n) is 2.73. The Bertz CT molecular complexity index is 427. The van der Waals surface area contributed by atoms with Crippen LogP contribution in [0.25, 0.3) is 0 Å². The van der Waals surface area contributed by atoms with Crippen LogP contribution in [0.4, 0.5) is 10.1 Å². The second-order valence-corrected chi connectivity index (χ2v) is 3.61. The SMILES string of the molecule is CC1C(C#N)Oc2cccc(F)c2N1C. The van der Waals surface area contributed by atoms with Crippen LogP contribution in [0, 0.1) is 17.1 Å². The number of hydrogen-bond acceptors (Lipinski definition) is 3. The maximum Gasteiger partial charge on any atom is 0.204 e. The quantitative estimate of drug-likeness (QED) is 0.650. The van der Waals surface area contributed by atoms with Crippen LogP contribution >= 0.6 is 0 Å². The van der Waals surface area contributed by atoms with Crippen molar-refractivity contribution >= 4 is 5.69 Å². The van der Waals surface area contributed by atoms with E-state index in [1.54, 1.807) is 24.1 Å². The van der Waals surface area contributed by atoms with Crippen molar-refractivity contribution in [1.29, 1.82) is 5.26 Å². The molecule has 0 radical (unpaired) electrons. The van der Waals surface area contributed by atoms with E-state index in [1.165, 1.54) is 6.07 Å². The normalized spacial score (nSPS) is 24.0. The molecule has 0 bridgehead atoms. The average Bonchev–Trinajstić information content (AvgIpc) is 2.23. The predicted octanol–water partition coefficient (Wildman–Crippen LogP) is 1.93. The van der Waals surface area contributed by atoms with Gasteiger partial charge in [0.15, 0.2) is 0 Å². The van der Waals surface area contributed by atoms with Crippen molar-refractivity contribution in [2.24, 2.45) is 0 Å². The molecule has 0 saturated heterocycles. The highest BCUT2D eigenvalue weighted by Gasteiger charge is 2.32. The van der Waals surface area contributed by atoms with E-state index in [0.29, 0.717) is 11.4 Å². The second-order valence-electron chi connectivity index (χ2n) is 3.61. The van der Waals surface area contributed by atoms with Crippen molar-refractivity contribution in [2.45, 2.75) is 19.1 Å². The number of para-hydroxylation sites is 1. The first-order valence-corrected chi connectivity index (χ1v) is 4.72. The van der Waals surface area contributed by atoms with Crippen LogP contribution in [0.1, 0.15) is 6.92 Å². The molecule has 15 heavy (non-hydrogen) atoms. The summed E-state index contributed by atoms with van der Waals surface area (Å²) in [6.45, 7) is 1.84. The van der Waals surface area contributed by atoms with Gasteiger partial charge in [0.05, 0.1) is 6.04 Å². The lowest BCUT2D eigenvalue weighted by Crippen LogP contribution is -2.45. The van der Waals surface area contributed by atoms with Crippen LogP contribution in [0.2, 0.25) is 0 Å². The summed E-state index contributed by atoms with van der Waals surface area (Å²) in [5.74, 6) is 0.111. The van der Waals surface area contributed by atoms with Gasteiger partial charge in [0, 0.05) is 7.05 Å². The van der Waals surface area contributed by atoms with Crippen LogP contribution in [0.15, 0.2) is 18.2 Å². The van der Waals surface area contributed by atoms with E-state index in [-0.39, 0.29) is 11.9 Å². The highest BCUT2D eigenvalue weighted by molar-refractivity contribution is 5.61. The standard InChI is InChI=1S/C11H11FN2O/c1-7-10(6-13)15-9-5-3-4-8(12)11(9)14(7)2/h3-5,7,10H,1-2H3. The van der Waals surface area contributed by atoms with Crippen molar-refractivity contribution < 1.29 is 9.13 Å². The molecule has 0 saturated carbocycles. The van der Waals surface area contributed by atoms with E-state index in [2.05, 4.69) is 6.07 Å². The molecule has 4 heteroatoms. The van der Waals surface area contributed by atoms with Crippen LogP contribution in [-0.2, 0) is 0 Å². The summed E-state index contributed by atoms with van der Waals surface area (Å²) in [4.78, 5) is 1.74. The molecule has 2 atom stereocenters. The number of hydrogen-bond donors (Lipinski definition) is 0. The number of benzene rings is 1. The van der Waals surface area contributed by atoms with Gasteiger partial charge in [0.25, 0.3) is 0 Å². The predicted molar refractivity (Wildman–Crippen MR) is 54.3 cm³/mol. The fourth-order valence-electron chi connectivity index (χ4n) is 1.71. The Morgan fingerprint density at radius 2 is 2.27 bits per heavy atom. The van der Waals surface area contributed by atoms with Gasteiger partial charge in [-0.1, -0.05) is 6.07 Å². The summed E-state index contributed by atoms with van der Waals surface area (Å²) in [5, 5.41) is 8.88. The van der Waals surface area contributed by atoms with Crippen LogP contribution in [-0.4, -0.2) is 19.2 Å². The fraction of sp³-hybridized carbons (Fsp3) is 0.364. The van der Waals surface area contributed by atoms with E-state index in [0.717, 1.165) is 0 Å². The smallest absolute Gasteiger partial charge is 0.204 e. The zero-order valence-electron chi connectivity index (χ0n) is 8.57. The Labute approximate surface area is 87.7 Å². The Morgan fingerprint density at radius 1 is 1.53 bits per heavy atom. The molecule has 0 spiro atoms. The molecule has 0 fully saturated rings. The van der Waals surface area contributed by atoms with Crippen molar-refractivity contribution in [1.82, 2.24) is 0 Å². The topological polar surface area (TPSA) is 36.3 Å². The van der Waals surface area contributed by atoms with Gasteiger partial charge in [0.1, 0.15) is 23.3 Å². The monoisotopic (exact) mass is 206 g/mol. The lowest BCUT2D eigenvalue weighted by Gasteiger charge is -2.36. The number of rotatable bonds is 0. The van der Waals surface area contributed by atoms with Gasteiger partial charge in [-0.2, -0.15) is 5.26 Å². The Morgan fingerprint density at radius 3 is 2.93 bits per heavy atom. The lowest BCUT2D eigenvalue weighted by molar-refractivity contribution is 0.210. The maximum absolute atomic E-state index is 13.5. The van der Waals surface area contributed by atoms with Crippen molar-refractivity contribution in [3.8, 4) is 11.8 Å². The molecule has 0 aliphatic carbocycles. The zero-order chi connectivity index (χ0) is 11.0. The van der Waals surface area contributed by atoms with E-state index < -0.39 is 6.10 Å². The second kappa shape index (κ2) is 3.43. The summed E-state index contributed by atoms with van der Waals surface area (Å²) >= 11 is 0. The Balaban J connectivity index is 2.51. The third kappa shape index (κ3) is 1.40. The highest BCUT2D eigenvalue weighted by Crippen LogP contribution is 2.36. The summed E-state index contributed by atoms with van der Waals surface area (Å²) in [7, 11) is 1.76. The molecule has 1 aromatic carbocycles. The fourth-order valence-corrected chi connectivity index (χ4v) is 1.71. The minimum atomic E-state index is -0.552. The summed E-state index contributed by atoms with van der Waals surface area (Å²) in [5.41, 5.74) is 0.427. The maximum atomic E-state index is 13.5. The number of nitrogens with zero attached hydrogens (tertiary/aromatic N) is 2. The van der Waals surface area contributed by atoms with Gasteiger partial charge in [-0.25, -0.2) is 4.39 Å². The molecular weight excluding hydrogens is 195 g/mol. The van der Waals surface area contributed by atoms with Crippen LogP contribution < -0.4 is 9.64 Å². The summed E-state index contributed by atoms with van der Waals surface area (Å²) in [6.07, 6.45) is -0.552. The number of fused-ring (bicyclic) bond motifs is 1. The van der Waals surface area contributed by atoms with Gasteiger partial charge in [-0.3, -0.25) is 0 Å². The number of nitriles is 1. The third-order valence-corrected chi connectivity index (χ3v) is 2.73. The molecule has 2 rings (SSSR count). The minimum absolute atomic E-state index is 0.153. The van der Waals surface area contributed by atoms with Crippen molar-refractivity contribution in [2.75, 3.05) is 11.9 Å². The molecule has 1 aliphatic rings. The number of anilines is 1. The number of likely N-dealkylation sites (N-methyl/N-ethyl adjacent to an activating group) is 1. The Hall–Kier alpha value is -1.76. The summed E-state index contributed by atoms with van der Waals surface area (Å²) in [6, 6.07) is 6.54. The zero-order valence-corrected chi connectivity index (χ0v) is 8.57. The molecule has 0 N–H and O–H groups in total. The average molecular weight is 206 g/mol. The molecule has 1 aliphatic heterocycles. The first kappa shape index (κ1) is 9.78. The lowest BCUT2D eigenvalue weighted by atomic mass is 10.1. The Kier molecular flexibility index (Phi) is 2.24. The van der Waals surface area contributed by atoms with Gasteiger partial charge in [0.2, 0.25) is 6.10 Å². The number of ether oxygens (including phenoxy) is 1. The van der Waals surface area contributed by atoms with Gasteiger partial charge < -0.3 is 9.64 Å². The molecule has 2 unspecified atom stereocenters. The van der Waals surface area contributed by atoms with E-state index in [1.807, 2.05) is 6.92 Å². The van der Waals surface area contributed by atoms with E-state index in [9.17, 15) is 4.39 Å². The molecule has 1 aromatic rings. The van der Waals surface area contributed by atoms with Gasteiger partial charge >= 0.3 is 0 Å². The van der Waals surface area contributed by atoms with E-state index in [4.69, 9.17) is 10.00 Å². The first-order chi connectivity index (χ1) is 7.15. The van der Waals surface area contributed by atoms with Gasteiger partial charge in [-0.05, 0) is 19.1 Å².